The lowest BCUT2D eigenvalue weighted by molar-refractivity contribution is 0.0999. The van der Waals surface area contributed by atoms with E-state index in [-0.39, 0.29) is 11.6 Å². The van der Waals surface area contributed by atoms with E-state index in [0.717, 1.165) is 43.1 Å². The third kappa shape index (κ3) is 5.05. The van der Waals surface area contributed by atoms with E-state index < -0.39 is 5.82 Å². The first kappa shape index (κ1) is 19.7. The Morgan fingerprint density at radius 3 is 2.83 bits per heavy atom. The summed E-state index contributed by atoms with van der Waals surface area (Å²) in [6.45, 7) is 1.68. The summed E-state index contributed by atoms with van der Waals surface area (Å²) in [5.41, 5.74) is 2.42. The van der Waals surface area contributed by atoms with Gasteiger partial charge in [-0.15, -0.1) is 0 Å². The molecule has 0 bridgehead atoms. The number of nitrogens with one attached hydrogen (secondary N) is 1. The Kier molecular flexibility index (Phi) is 6.27. The van der Waals surface area contributed by atoms with Crippen LogP contribution in [0.3, 0.4) is 0 Å². The summed E-state index contributed by atoms with van der Waals surface area (Å²) >= 11 is 1.93. The summed E-state index contributed by atoms with van der Waals surface area (Å²) in [5.74, 6) is 0.183. The molecule has 1 aliphatic rings. The van der Waals surface area contributed by atoms with E-state index in [1.807, 2.05) is 30.0 Å². The topological polar surface area (TPSA) is 56.1 Å². The zero-order valence-corrected chi connectivity index (χ0v) is 16.7. The number of hydrogen-bond donors (Lipinski definition) is 1. The number of rotatable bonds is 6. The molecule has 29 heavy (non-hydrogen) atoms. The zero-order valence-electron chi connectivity index (χ0n) is 15.9. The molecule has 1 fully saturated rings. The van der Waals surface area contributed by atoms with E-state index in [4.69, 9.17) is 4.74 Å². The molecule has 150 valence electrons. The molecule has 0 aliphatic carbocycles. The van der Waals surface area contributed by atoms with Gasteiger partial charge >= 0.3 is 0 Å². The molecule has 2 heterocycles. The van der Waals surface area contributed by atoms with Gasteiger partial charge in [0.15, 0.2) is 5.69 Å². The molecule has 0 spiro atoms. The van der Waals surface area contributed by atoms with E-state index >= 15 is 0 Å². The highest BCUT2D eigenvalue weighted by Gasteiger charge is 2.15. The number of halogens is 1. The van der Waals surface area contributed by atoms with Crippen LogP contribution in [0.5, 0.6) is 0 Å². The Morgan fingerprint density at radius 2 is 2.00 bits per heavy atom. The number of nitrogens with zero attached hydrogens (tertiary/aromatic N) is 2. The molecular weight excluding hydrogens is 389 g/mol. The first-order valence-electron chi connectivity index (χ1n) is 9.59. The van der Waals surface area contributed by atoms with Crippen LogP contribution in [0.15, 0.2) is 60.8 Å². The molecule has 1 saturated heterocycles. The number of amides is 1. The molecule has 1 aromatic heterocycles. The normalized spacial score (nSPS) is 14.7. The van der Waals surface area contributed by atoms with E-state index in [1.54, 1.807) is 30.5 Å². The maximum atomic E-state index is 13.9. The predicted octanol–water partition coefficient (Wildman–Crippen LogP) is 4.68. The first-order valence-corrected chi connectivity index (χ1v) is 10.6. The molecule has 1 aliphatic heterocycles. The lowest BCUT2D eigenvalue weighted by Gasteiger charge is -2.21. The van der Waals surface area contributed by atoms with Gasteiger partial charge in [0, 0.05) is 36.1 Å². The standard InChI is InChI=1S/C22H22FN3O2S/c23-19-6-1-2-7-21(19)26-11-8-20(25-26)22(27)24-17-5-3-4-16(14-17)15-29-18-9-12-28-13-10-18/h1-8,11,14,18H,9-10,12-13,15H2,(H,24,27). The number of para-hydroxylation sites is 1. The van der Waals surface area contributed by atoms with Gasteiger partial charge in [-0.1, -0.05) is 24.3 Å². The van der Waals surface area contributed by atoms with Crippen molar-refractivity contribution in [2.75, 3.05) is 18.5 Å². The van der Waals surface area contributed by atoms with E-state index in [1.165, 1.54) is 10.7 Å². The van der Waals surface area contributed by atoms with Crippen LogP contribution in [0, 0.1) is 5.82 Å². The van der Waals surface area contributed by atoms with Crippen molar-refractivity contribution in [1.82, 2.24) is 9.78 Å². The summed E-state index contributed by atoms with van der Waals surface area (Å²) in [6.07, 6.45) is 3.76. The van der Waals surface area contributed by atoms with Gasteiger partial charge in [0.1, 0.15) is 11.5 Å². The fourth-order valence-electron chi connectivity index (χ4n) is 3.21. The van der Waals surface area contributed by atoms with Gasteiger partial charge in [-0.2, -0.15) is 16.9 Å². The average molecular weight is 412 g/mol. The molecule has 4 rings (SSSR count). The van der Waals surface area contributed by atoms with Gasteiger partial charge in [0.2, 0.25) is 0 Å². The molecule has 7 heteroatoms. The second-order valence-electron chi connectivity index (χ2n) is 6.87. The number of hydrogen-bond acceptors (Lipinski definition) is 4. The van der Waals surface area contributed by atoms with Gasteiger partial charge < -0.3 is 10.1 Å². The monoisotopic (exact) mass is 411 g/mol. The Hall–Kier alpha value is -2.64. The van der Waals surface area contributed by atoms with Crippen molar-refractivity contribution in [2.45, 2.75) is 23.8 Å². The maximum absolute atomic E-state index is 13.9. The van der Waals surface area contributed by atoms with Crippen molar-refractivity contribution in [3.05, 3.63) is 77.9 Å². The summed E-state index contributed by atoms with van der Waals surface area (Å²) in [7, 11) is 0. The summed E-state index contributed by atoms with van der Waals surface area (Å²) in [6, 6.07) is 15.7. The highest BCUT2D eigenvalue weighted by Crippen LogP contribution is 2.26. The zero-order chi connectivity index (χ0) is 20.1. The number of anilines is 1. The minimum absolute atomic E-state index is 0.232. The van der Waals surface area contributed by atoms with Gasteiger partial charge in [-0.05, 0) is 48.7 Å². The number of benzene rings is 2. The quantitative estimate of drug-likeness (QED) is 0.640. The molecule has 0 atom stereocenters. The third-order valence-electron chi connectivity index (χ3n) is 4.76. The van der Waals surface area contributed by atoms with Crippen LogP contribution in [0.4, 0.5) is 10.1 Å². The number of carbonyl (C=O) groups is 1. The SMILES string of the molecule is O=C(Nc1cccc(CSC2CCOCC2)c1)c1ccn(-c2ccccc2F)n1. The van der Waals surface area contributed by atoms with Crippen LogP contribution in [0.2, 0.25) is 0 Å². The van der Waals surface area contributed by atoms with Crippen molar-refractivity contribution >= 4 is 23.4 Å². The lowest BCUT2D eigenvalue weighted by Crippen LogP contribution is -2.17. The number of aromatic nitrogens is 2. The molecule has 3 aromatic rings. The van der Waals surface area contributed by atoms with E-state index in [2.05, 4.69) is 16.5 Å². The molecule has 2 aromatic carbocycles. The van der Waals surface area contributed by atoms with Crippen molar-refractivity contribution in [3.8, 4) is 5.69 Å². The van der Waals surface area contributed by atoms with Crippen LogP contribution >= 0.6 is 11.8 Å². The Balaban J connectivity index is 1.39. The second-order valence-corrected chi connectivity index (χ2v) is 8.16. The van der Waals surface area contributed by atoms with Crippen LogP contribution in [-0.4, -0.2) is 34.2 Å². The van der Waals surface area contributed by atoms with Gasteiger partial charge in [-0.3, -0.25) is 4.79 Å². The summed E-state index contributed by atoms with van der Waals surface area (Å²) in [4.78, 5) is 12.6. The fourth-order valence-corrected chi connectivity index (χ4v) is 4.34. The van der Waals surface area contributed by atoms with Gasteiger partial charge in [0.05, 0.1) is 0 Å². The minimum atomic E-state index is -0.391. The molecule has 1 N–H and O–H groups in total. The van der Waals surface area contributed by atoms with Crippen LogP contribution in [-0.2, 0) is 10.5 Å². The number of carbonyl (C=O) groups excluding carboxylic acids is 1. The fraction of sp³-hybridized carbons (Fsp3) is 0.273. The molecule has 1 amide bonds. The van der Waals surface area contributed by atoms with Crippen molar-refractivity contribution in [1.29, 1.82) is 0 Å². The number of thioether (sulfide) groups is 1. The van der Waals surface area contributed by atoms with Crippen LogP contribution < -0.4 is 5.32 Å². The van der Waals surface area contributed by atoms with Gasteiger partial charge in [0.25, 0.3) is 5.91 Å². The Labute approximate surface area is 173 Å². The van der Waals surface area contributed by atoms with E-state index in [0.29, 0.717) is 10.9 Å². The summed E-state index contributed by atoms with van der Waals surface area (Å²) in [5, 5.41) is 7.71. The van der Waals surface area contributed by atoms with Gasteiger partial charge in [-0.25, -0.2) is 9.07 Å². The first-order chi connectivity index (χ1) is 14.2. The highest BCUT2D eigenvalue weighted by atomic mass is 32.2. The maximum Gasteiger partial charge on any atom is 0.276 e. The van der Waals surface area contributed by atoms with Crippen molar-refractivity contribution < 1.29 is 13.9 Å². The van der Waals surface area contributed by atoms with Crippen LogP contribution in [0.25, 0.3) is 5.69 Å². The largest absolute Gasteiger partial charge is 0.381 e. The second kappa shape index (κ2) is 9.24. The smallest absolute Gasteiger partial charge is 0.276 e. The van der Waals surface area contributed by atoms with E-state index in [9.17, 15) is 9.18 Å². The Bertz CT molecular complexity index is 985. The average Bonchev–Trinajstić information content (AvgIpc) is 3.24. The molecular formula is C22H22FN3O2S. The van der Waals surface area contributed by atoms with Crippen molar-refractivity contribution in [2.24, 2.45) is 0 Å². The minimum Gasteiger partial charge on any atom is -0.381 e. The summed E-state index contributed by atoms with van der Waals surface area (Å²) < 4.78 is 20.7. The number of ether oxygens (including phenoxy) is 1. The molecule has 0 radical (unpaired) electrons. The molecule has 0 saturated carbocycles. The molecule has 0 unspecified atom stereocenters. The highest BCUT2D eigenvalue weighted by molar-refractivity contribution is 7.99. The molecule has 5 nitrogen and oxygen atoms in total. The predicted molar refractivity (Wildman–Crippen MR) is 113 cm³/mol. The van der Waals surface area contributed by atoms with Crippen LogP contribution in [0.1, 0.15) is 28.9 Å². The Morgan fingerprint density at radius 1 is 1.17 bits per heavy atom. The lowest BCUT2D eigenvalue weighted by atomic mass is 10.2. The third-order valence-corrected chi connectivity index (χ3v) is 6.20. The van der Waals surface area contributed by atoms with Crippen molar-refractivity contribution in [3.63, 3.8) is 0 Å².